The molecule has 0 saturated heterocycles. The van der Waals surface area contributed by atoms with E-state index < -0.39 is 15.9 Å². The highest BCUT2D eigenvalue weighted by Gasteiger charge is 2.45. The maximum absolute atomic E-state index is 13.2. The third kappa shape index (κ3) is 5.38. The molecule has 0 amide bonds. The summed E-state index contributed by atoms with van der Waals surface area (Å²) in [6.07, 6.45) is 7.94. The Kier molecular flexibility index (Phi) is 7.65. The van der Waals surface area contributed by atoms with Crippen LogP contribution in [0.1, 0.15) is 95.9 Å². The minimum absolute atomic E-state index is 0.126. The number of fused-ring (bicyclic) bond motifs is 2. The second kappa shape index (κ2) is 9.42. The van der Waals surface area contributed by atoms with Crippen molar-refractivity contribution >= 4 is 15.9 Å². The molecule has 0 radical (unpaired) electrons. The van der Waals surface area contributed by atoms with Crippen LogP contribution in [-0.4, -0.2) is 21.5 Å². The van der Waals surface area contributed by atoms with Crippen molar-refractivity contribution in [2.24, 2.45) is 0 Å². The van der Waals surface area contributed by atoms with Gasteiger partial charge in [-0.1, -0.05) is 51.8 Å². The fraction of sp³-hybridized carbons (Fsp3) is 0.760. The molecule has 176 valence electrons. The van der Waals surface area contributed by atoms with Crippen molar-refractivity contribution in [3.05, 3.63) is 34.9 Å². The van der Waals surface area contributed by atoms with Crippen LogP contribution >= 0.6 is 7.60 Å². The number of rotatable bonds is 8. The normalized spacial score (nSPS) is 21.5. The van der Waals surface area contributed by atoms with Crippen LogP contribution in [0.4, 0.5) is 0 Å². The van der Waals surface area contributed by atoms with E-state index in [0.29, 0.717) is 24.8 Å². The van der Waals surface area contributed by atoms with Crippen LogP contribution in [0, 0.1) is 0 Å². The smallest absolute Gasteiger partial charge is 0.335 e. The van der Waals surface area contributed by atoms with E-state index >= 15 is 0 Å². The van der Waals surface area contributed by atoms with E-state index in [1.807, 2.05) is 13.8 Å². The summed E-state index contributed by atoms with van der Waals surface area (Å²) in [5.74, 6) is 0. The summed E-state index contributed by atoms with van der Waals surface area (Å²) in [7, 11) is -5.04. The van der Waals surface area contributed by atoms with Gasteiger partial charge in [0.15, 0.2) is 8.32 Å². The highest BCUT2D eigenvalue weighted by Crippen LogP contribution is 2.55. The Morgan fingerprint density at radius 1 is 1.06 bits per heavy atom. The summed E-state index contributed by atoms with van der Waals surface area (Å²) in [6.45, 7) is 16.1. The van der Waals surface area contributed by atoms with Crippen molar-refractivity contribution in [3.8, 4) is 0 Å². The first-order chi connectivity index (χ1) is 14.5. The highest BCUT2D eigenvalue weighted by molar-refractivity contribution is 7.53. The predicted molar refractivity (Wildman–Crippen MR) is 131 cm³/mol. The molecule has 1 saturated carbocycles. The van der Waals surface area contributed by atoms with Crippen LogP contribution < -0.4 is 0 Å². The molecule has 0 aromatic heterocycles. The Labute approximate surface area is 191 Å². The summed E-state index contributed by atoms with van der Waals surface area (Å²) in [4.78, 5) is 0. The fourth-order valence-corrected chi connectivity index (χ4v) is 8.13. The van der Waals surface area contributed by atoms with Crippen LogP contribution in [0.3, 0.4) is 0 Å². The van der Waals surface area contributed by atoms with Gasteiger partial charge in [-0.05, 0) is 79.8 Å². The summed E-state index contributed by atoms with van der Waals surface area (Å²) in [5, 5.41) is 0.174. The van der Waals surface area contributed by atoms with Gasteiger partial charge >= 0.3 is 7.60 Å². The topological polar surface area (TPSA) is 44.8 Å². The Bertz CT molecular complexity index is 798. The fourth-order valence-electron chi connectivity index (χ4n) is 5.13. The summed E-state index contributed by atoms with van der Waals surface area (Å²) in [5.41, 5.74) is 4.15. The molecule has 1 unspecified atom stereocenters. The van der Waals surface area contributed by atoms with Crippen LogP contribution in [0.2, 0.25) is 18.1 Å². The monoisotopic (exact) mass is 466 g/mol. The molecule has 1 aromatic carbocycles. The van der Waals surface area contributed by atoms with Gasteiger partial charge in [0.2, 0.25) is 0 Å². The lowest BCUT2D eigenvalue weighted by atomic mass is 9.68. The quantitative estimate of drug-likeness (QED) is 0.287. The molecule has 1 atom stereocenters. The van der Waals surface area contributed by atoms with Gasteiger partial charge in [0.1, 0.15) is 0 Å². The molecule has 0 aliphatic heterocycles. The molecule has 1 fully saturated rings. The maximum atomic E-state index is 13.2. The zero-order valence-electron chi connectivity index (χ0n) is 20.8. The van der Waals surface area contributed by atoms with Crippen molar-refractivity contribution in [2.75, 3.05) is 13.2 Å². The Balaban J connectivity index is 1.98. The first kappa shape index (κ1) is 25.2. The Hall–Kier alpha value is -0.453. The summed E-state index contributed by atoms with van der Waals surface area (Å²) < 4.78 is 31.3. The number of hydrogen-bond donors (Lipinski definition) is 0. The van der Waals surface area contributed by atoms with E-state index in [1.54, 1.807) is 0 Å². The zero-order chi connectivity index (χ0) is 22.9. The van der Waals surface area contributed by atoms with Crippen molar-refractivity contribution in [2.45, 2.75) is 109 Å². The van der Waals surface area contributed by atoms with Gasteiger partial charge in [-0.15, -0.1) is 0 Å². The van der Waals surface area contributed by atoms with Crippen molar-refractivity contribution in [1.29, 1.82) is 0 Å². The third-order valence-corrected chi connectivity index (χ3v) is 14.3. The van der Waals surface area contributed by atoms with E-state index in [-0.39, 0.29) is 11.1 Å². The van der Waals surface area contributed by atoms with Gasteiger partial charge in [-0.25, -0.2) is 0 Å². The molecule has 2 aliphatic carbocycles. The second-order valence-corrected chi connectivity index (χ2v) is 17.7. The lowest BCUT2D eigenvalue weighted by Crippen LogP contribution is -2.43. The van der Waals surface area contributed by atoms with Crippen LogP contribution in [0.5, 0.6) is 0 Å². The number of hydrogen-bond acceptors (Lipinski definition) is 4. The molecular formula is C25H43O4PSi. The van der Waals surface area contributed by atoms with Crippen molar-refractivity contribution in [3.63, 3.8) is 0 Å². The molecule has 4 nitrogen and oxygen atoms in total. The van der Waals surface area contributed by atoms with Gasteiger partial charge < -0.3 is 13.5 Å². The zero-order valence-corrected chi connectivity index (χ0v) is 22.6. The van der Waals surface area contributed by atoms with Crippen LogP contribution in [0.25, 0.3) is 0 Å². The van der Waals surface area contributed by atoms with Crippen LogP contribution in [-0.2, 0) is 29.6 Å². The molecular weight excluding hydrogens is 423 g/mol. The standard InChI is InChI=1S/C25H43O4PSi/c1-8-27-30(26,28-9-2)19-20-12-13-22-21(18-20)23(29-31(6,7)24(3,4)5)14-17-25(22)15-10-11-16-25/h12-13,18,23H,8-11,14-17,19H2,1-7H3. The molecule has 1 aromatic rings. The largest absolute Gasteiger partial charge is 0.410 e. The SMILES string of the molecule is CCOP(=O)(Cc1ccc2c(c1)C(O[Si](C)(C)C(C)(C)C)CCC21CCCC1)OCC. The molecule has 0 bridgehead atoms. The lowest BCUT2D eigenvalue weighted by molar-refractivity contribution is 0.141. The molecule has 0 N–H and O–H groups in total. The van der Waals surface area contributed by atoms with E-state index in [2.05, 4.69) is 52.1 Å². The summed E-state index contributed by atoms with van der Waals surface area (Å²) >= 11 is 0. The predicted octanol–water partition coefficient (Wildman–Crippen LogP) is 8.12. The van der Waals surface area contributed by atoms with Crippen molar-refractivity contribution in [1.82, 2.24) is 0 Å². The molecule has 0 heterocycles. The van der Waals surface area contributed by atoms with Crippen LogP contribution in [0.15, 0.2) is 18.2 Å². The Morgan fingerprint density at radius 2 is 1.68 bits per heavy atom. The van der Waals surface area contributed by atoms with E-state index in [4.69, 9.17) is 13.5 Å². The Morgan fingerprint density at radius 3 is 2.23 bits per heavy atom. The molecule has 3 rings (SSSR count). The van der Waals surface area contributed by atoms with Gasteiger partial charge in [0.05, 0.1) is 25.5 Å². The second-order valence-electron chi connectivity index (χ2n) is 10.9. The minimum Gasteiger partial charge on any atom is -0.410 e. The maximum Gasteiger partial charge on any atom is 0.335 e. The van der Waals surface area contributed by atoms with Crippen molar-refractivity contribution < 1.29 is 18.0 Å². The average Bonchev–Trinajstić information content (AvgIpc) is 3.13. The average molecular weight is 467 g/mol. The number of benzene rings is 1. The highest BCUT2D eigenvalue weighted by atomic mass is 31.2. The molecule has 6 heteroatoms. The molecule has 1 spiro atoms. The van der Waals surface area contributed by atoms with E-state index in [9.17, 15) is 4.57 Å². The van der Waals surface area contributed by atoms with E-state index in [0.717, 1.165) is 12.0 Å². The third-order valence-electron chi connectivity index (χ3n) is 7.75. The first-order valence-corrected chi connectivity index (χ1v) is 16.8. The first-order valence-electron chi connectivity index (χ1n) is 12.1. The van der Waals surface area contributed by atoms with Gasteiger partial charge in [0, 0.05) is 0 Å². The minimum atomic E-state index is -3.13. The van der Waals surface area contributed by atoms with E-state index in [1.165, 1.54) is 43.2 Å². The van der Waals surface area contributed by atoms with Gasteiger partial charge in [-0.3, -0.25) is 4.57 Å². The summed E-state index contributed by atoms with van der Waals surface area (Å²) in [6, 6.07) is 6.72. The van der Waals surface area contributed by atoms with Gasteiger partial charge in [0.25, 0.3) is 0 Å². The lowest BCUT2D eigenvalue weighted by Gasteiger charge is -2.45. The van der Waals surface area contributed by atoms with Gasteiger partial charge in [-0.2, -0.15) is 0 Å². The molecule has 31 heavy (non-hydrogen) atoms. The molecule has 2 aliphatic rings.